The van der Waals surface area contributed by atoms with E-state index in [2.05, 4.69) is 65.4 Å². The Morgan fingerprint density at radius 3 is 2.46 bits per heavy atom. The number of anilines is 1. The number of aromatic nitrogens is 1. The van der Waals surface area contributed by atoms with Gasteiger partial charge in [0.05, 0.1) is 10.6 Å². The summed E-state index contributed by atoms with van der Waals surface area (Å²) in [5, 5.41) is 4.18. The molecular weight excluding hydrogens is 492 g/mol. The lowest BCUT2D eigenvalue weighted by molar-refractivity contribution is -0.113. The zero-order valence-electron chi connectivity index (χ0n) is 18.5. The lowest BCUT2D eigenvalue weighted by atomic mass is 10.1. The first-order chi connectivity index (χ1) is 17.1. The van der Waals surface area contributed by atoms with Gasteiger partial charge in [0.2, 0.25) is 0 Å². The van der Waals surface area contributed by atoms with Crippen molar-refractivity contribution in [3.8, 4) is 0 Å². The Balaban J connectivity index is 1.36. The van der Waals surface area contributed by atoms with Gasteiger partial charge in [-0.15, -0.1) is 0 Å². The van der Waals surface area contributed by atoms with Crippen molar-refractivity contribution in [2.75, 3.05) is 4.90 Å². The summed E-state index contributed by atoms with van der Waals surface area (Å²) < 4.78 is 2.76. The van der Waals surface area contributed by atoms with Gasteiger partial charge in [-0.1, -0.05) is 90.2 Å². The molecule has 1 aromatic heterocycles. The van der Waals surface area contributed by atoms with Crippen molar-refractivity contribution in [1.82, 2.24) is 4.57 Å². The molecule has 1 aliphatic heterocycles. The van der Waals surface area contributed by atoms with Crippen LogP contribution in [0.1, 0.15) is 11.1 Å². The number of carbonyl (C=O) groups excluding carboxylic acids is 1. The SMILES string of the molecule is O=C1/C(=C\c2cn(Cc3ccc4ccccc4c3)c3ccccc23)SC(=S)N1c1ccc(Cl)cc1. The van der Waals surface area contributed by atoms with E-state index < -0.39 is 0 Å². The van der Waals surface area contributed by atoms with Crippen LogP contribution in [0.2, 0.25) is 5.02 Å². The molecule has 0 N–H and O–H groups in total. The van der Waals surface area contributed by atoms with E-state index in [0.717, 1.165) is 28.7 Å². The molecule has 1 aliphatic rings. The molecule has 6 rings (SSSR count). The number of para-hydroxylation sites is 1. The van der Waals surface area contributed by atoms with Gasteiger partial charge in [-0.25, -0.2) is 0 Å². The molecule has 5 aromatic rings. The summed E-state index contributed by atoms with van der Waals surface area (Å²) in [7, 11) is 0. The van der Waals surface area contributed by atoms with Crippen LogP contribution in [-0.4, -0.2) is 14.8 Å². The molecule has 2 heterocycles. The smallest absolute Gasteiger partial charge is 0.270 e. The van der Waals surface area contributed by atoms with Gasteiger partial charge in [-0.2, -0.15) is 0 Å². The minimum Gasteiger partial charge on any atom is -0.342 e. The molecule has 0 bridgehead atoms. The number of benzene rings is 4. The van der Waals surface area contributed by atoms with E-state index in [4.69, 9.17) is 23.8 Å². The summed E-state index contributed by atoms with van der Waals surface area (Å²) in [6, 6.07) is 30.4. The number of thiocarbonyl (C=S) groups is 1. The number of hydrogen-bond donors (Lipinski definition) is 0. The van der Waals surface area contributed by atoms with Crippen LogP contribution in [0.3, 0.4) is 0 Å². The number of carbonyl (C=O) groups is 1. The van der Waals surface area contributed by atoms with Gasteiger partial charge < -0.3 is 4.57 Å². The van der Waals surface area contributed by atoms with Gasteiger partial charge in [-0.05, 0) is 58.8 Å². The maximum atomic E-state index is 13.3. The van der Waals surface area contributed by atoms with Crippen LogP contribution in [0.5, 0.6) is 0 Å². The number of amides is 1. The first-order valence-electron chi connectivity index (χ1n) is 11.2. The first kappa shape index (κ1) is 22.1. The largest absolute Gasteiger partial charge is 0.342 e. The molecule has 1 fully saturated rings. The highest BCUT2D eigenvalue weighted by Crippen LogP contribution is 2.37. The van der Waals surface area contributed by atoms with Gasteiger partial charge in [0.1, 0.15) is 0 Å². The van der Waals surface area contributed by atoms with Crippen LogP contribution in [0.15, 0.2) is 102 Å². The molecule has 170 valence electrons. The molecule has 0 atom stereocenters. The minimum absolute atomic E-state index is 0.117. The average molecular weight is 511 g/mol. The summed E-state index contributed by atoms with van der Waals surface area (Å²) in [6.07, 6.45) is 4.07. The summed E-state index contributed by atoms with van der Waals surface area (Å²) in [6.45, 7) is 0.741. The van der Waals surface area contributed by atoms with Crippen LogP contribution in [0.4, 0.5) is 5.69 Å². The lowest BCUT2D eigenvalue weighted by Crippen LogP contribution is -2.27. The van der Waals surface area contributed by atoms with E-state index in [-0.39, 0.29) is 5.91 Å². The van der Waals surface area contributed by atoms with Crippen LogP contribution < -0.4 is 4.90 Å². The third-order valence-corrected chi connectivity index (χ3v) is 7.71. The molecule has 0 unspecified atom stereocenters. The van der Waals surface area contributed by atoms with Gasteiger partial charge in [0.15, 0.2) is 4.32 Å². The Labute approximate surface area is 217 Å². The number of fused-ring (bicyclic) bond motifs is 2. The second kappa shape index (κ2) is 9.00. The number of halogens is 1. The first-order valence-corrected chi connectivity index (χ1v) is 12.8. The highest BCUT2D eigenvalue weighted by Gasteiger charge is 2.33. The van der Waals surface area contributed by atoms with E-state index in [0.29, 0.717) is 14.2 Å². The maximum absolute atomic E-state index is 13.3. The Bertz CT molecular complexity index is 1650. The number of hydrogen-bond acceptors (Lipinski definition) is 3. The zero-order chi connectivity index (χ0) is 23.9. The van der Waals surface area contributed by atoms with E-state index >= 15 is 0 Å². The number of nitrogens with zero attached hydrogens (tertiary/aromatic N) is 2. The summed E-state index contributed by atoms with van der Waals surface area (Å²) in [5.74, 6) is -0.117. The third-order valence-electron chi connectivity index (χ3n) is 6.15. The van der Waals surface area contributed by atoms with Crippen LogP contribution in [0.25, 0.3) is 27.8 Å². The second-order valence-corrected chi connectivity index (χ2v) is 10.5. The lowest BCUT2D eigenvalue weighted by Gasteiger charge is -2.14. The van der Waals surface area contributed by atoms with E-state index in [1.807, 2.05) is 30.3 Å². The molecular formula is C29H19ClN2OS2. The molecule has 3 nitrogen and oxygen atoms in total. The fraction of sp³-hybridized carbons (Fsp3) is 0.0345. The molecule has 6 heteroatoms. The van der Waals surface area contributed by atoms with Crippen LogP contribution in [-0.2, 0) is 11.3 Å². The molecule has 4 aromatic carbocycles. The number of rotatable bonds is 4. The van der Waals surface area contributed by atoms with Crippen molar-refractivity contribution in [2.24, 2.45) is 0 Å². The van der Waals surface area contributed by atoms with Crippen molar-refractivity contribution in [3.05, 3.63) is 118 Å². The third kappa shape index (κ3) is 4.16. The maximum Gasteiger partial charge on any atom is 0.270 e. The van der Waals surface area contributed by atoms with Crippen molar-refractivity contribution in [1.29, 1.82) is 0 Å². The Morgan fingerprint density at radius 1 is 0.886 bits per heavy atom. The molecule has 0 saturated carbocycles. The summed E-state index contributed by atoms with van der Waals surface area (Å²) >= 11 is 12.9. The molecule has 0 aliphatic carbocycles. The van der Waals surface area contributed by atoms with E-state index in [9.17, 15) is 4.79 Å². The van der Waals surface area contributed by atoms with Crippen molar-refractivity contribution < 1.29 is 4.79 Å². The van der Waals surface area contributed by atoms with Crippen LogP contribution in [0, 0.1) is 0 Å². The molecule has 1 amide bonds. The predicted molar refractivity (Wildman–Crippen MR) is 152 cm³/mol. The van der Waals surface area contributed by atoms with Crippen molar-refractivity contribution in [3.63, 3.8) is 0 Å². The molecule has 1 saturated heterocycles. The monoisotopic (exact) mass is 510 g/mol. The normalized spacial score (nSPS) is 15.1. The average Bonchev–Trinajstić information content (AvgIpc) is 3.36. The van der Waals surface area contributed by atoms with E-state index in [1.165, 1.54) is 28.1 Å². The van der Waals surface area contributed by atoms with Crippen LogP contribution >= 0.6 is 35.6 Å². The fourth-order valence-corrected chi connectivity index (χ4v) is 5.89. The van der Waals surface area contributed by atoms with E-state index in [1.54, 1.807) is 17.0 Å². The van der Waals surface area contributed by atoms with Crippen molar-refractivity contribution in [2.45, 2.75) is 6.54 Å². The van der Waals surface area contributed by atoms with Crippen molar-refractivity contribution >= 4 is 79.2 Å². The highest BCUT2D eigenvalue weighted by molar-refractivity contribution is 8.27. The Kier molecular flexibility index (Phi) is 5.69. The zero-order valence-corrected chi connectivity index (χ0v) is 20.9. The number of thioether (sulfide) groups is 1. The minimum atomic E-state index is -0.117. The fourth-order valence-electron chi connectivity index (χ4n) is 4.48. The quantitative estimate of drug-likeness (QED) is 0.181. The van der Waals surface area contributed by atoms with Gasteiger partial charge in [-0.3, -0.25) is 9.69 Å². The van der Waals surface area contributed by atoms with Gasteiger partial charge in [0, 0.05) is 34.2 Å². The standard InChI is InChI=1S/C29H19ClN2OS2/c30-23-11-13-24(14-12-23)32-28(33)27(35-29(32)34)16-22-18-31(26-8-4-3-7-25(22)26)17-19-9-10-20-5-1-2-6-21(20)15-19/h1-16,18H,17H2/b27-16+. The molecule has 0 radical (unpaired) electrons. The predicted octanol–water partition coefficient (Wildman–Crippen LogP) is 7.90. The van der Waals surface area contributed by atoms with Gasteiger partial charge >= 0.3 is 0 Å². The Hall–Kier alpha value is -3.38. The molecule has 0 spiro atoms. The summed E-state index contributed by atoms with van der Waals surface area (Å²) in [5.41, 5.74) is 4.07. The topological polar surface area (TPSA) is 25.2 Å². The Morgan fingerprint density at radius 2 is 1.63 bits per heavy atom. The highest BCUT2D eigenvalue weighted by atomic mass is 35.5. The van der Waals surface area contributed by atoms with Gasteiger partial charge in [0.25, 0.3) is 5.91 Å². The second-order valence-electron chi connectivity index (χ2n) is 8.40. The summed E-state index contributed by atoms with van der Waals surface area (Å²) in [4.78, 5) is 15.4. The molecule has 35 heavy (non-hydrogen) atoms.